The normalized spacial score (nSPS) is 18.8. The van der Waals surface area contributed by atoms with Crippen LogP contribution in [0.5, 0.6) is 0 Å². The second kappa shape index (κ2) is 5.79. The Hall–Kier alpha value is -1.96. The second-order valence-corrected chi connectivity index (χ2v) is 4.61. The summed E-state index contributed by atoms with van der Waals surface area (Å²) in [5.74, 6) is -0.926. The Morgan fingerprint density at radius 1 is 1.47 bits per heavy atom. The highest BCUT2D eigenvalue weighted by Gasteiger charge is 2.26. The molecule has 0 radical (unpaired) electrons. The first kappa shape index (κ1) is 13.5. The number of hydrogen-bond donors (Lipinski definition) is 2. The summed E-state index contributed by atoms with van der Waals surface area (Å²) >= 11 is 0. The molecule has 104 valence electrons. The molecule has 1 amide bonds. The van der Waals surface area contributed by atoms with Crippen molar-refractivity contribution in [1.82, 2.24) is 19.9 Å². The molecule has 1 fully saturated rings. The third-order valence-corrected chi connectivity index (χ3v) is 3.23. The van der Waals surface area contributed by atoms with Crippen LogP contribution in [-0.4, -0.2) is 61.7 Å². The molecule has 2 rings (SSSR count). The molecule has 0 aliphatic carbocycles. The molecule has 1 saturated heterocycles. The topological polar surface area (TPSA) is 109 Å². The SMILES string of the molecule is O=C(O)c1cn(CC(=O)N2CCC(CCO)C2)nn1. The molecule has 1 aromatic heterocycles. The quantitative estimate of drug-likeness (QED) is 0.724. The van der Waals surface area contributed by atoms with E-state index in [2.05, 4.69) is 10.3 Å². The number of carbonyl (C=O) groups excluding carboxylic acids is 1. The van der Waals surface area contributed by atoms with Crippen LogP contribution >= 0.6 is 0 Å². The lowest BCUT2D eigenvalue weighted by Crippen LogP contribution is -2.32. The molecule has 1 unspecified atom stereocenters. The van der Waals surface area contributed by atoms with Crippen molar-refractivity contribution in [3.63, 3.8) is 0 Å². The lowest BCUT2D eigenvalue weighted by atomic mass is 10.1. The van der Waals surface area contributed by atoms with Crippen molar-refractivity contribution < 1.29 is 19.8 Å². The van der Waals surface area contributed by atoms with Gasteiger partial charge in [-0.2, -0.15) is 0 Å². The number of likely N-dealkylation sites (tertiary alicyclic amines) is 1. The van der Waals surface area contributed by atoms with Gasteiger partial charge >= 0.3 is 5.97 Å². The number of amides is 1. The Morgan fingerprint density at radius 3 is 2.89 bits per heavy atom. The number of carbonyl (C=O) groups is 2. The van der Waals surface area contributed by atoms with Gasteiger partial charge in [0.2, 0.25) is 5.91 Å². The molecule has 1 aromatic rings. The smallest absolute Gasteiger partial charge is 0.358 e. The van der Waals surface area contributed by atoms with Gasteiger partial charge in [-0.25, -0.2) is 9.48 Å². The first-order valence-electron chi connectivity index (χ1n) is 6.12. The van der Waals surface area contributed by atoms with E-state index in [4.69, 9.17) is 10.2 Å². The van der Waals surface area contributed by atoms with E-state index >= 15 is 0 Å². The van der Waals surface area contributed by atoms with Gasteiger partial charge in [0.15, 0.2) is 5.69 Å². The summed E-state index contributed by atoms with van der Waals surface area (Å²) in [7, 11) is 0. The van der Waals surface area contributed by atoms with Gasteiger partial charge in [-0.1, -0.05) is 5.21 Å². The molecule has 0 spiro atoms. The maximum absolute atomic E-state index is 12.0. The average molecular weight is 268 g/mol. The third kappa shape index (κ3) is 3.28. The number of carboxylic acids is 1. The monoisotopic (exact) mass is 268 g/mol. The van der Waals surface area contributed by atoms with E-state index in [9.17, 15) is 9.59 Å². The molecule has 1 atom stereocenters. The number of nitrogens with zero attached hydrogens (tertiary/aromatic N) is 4. The Labute approximate surface area is 109 Å². The van der Waals surface area contributed by atoms with E-state index in [1.54, 1.807) is 4.90 Å². The van der Waals surface area contributed by atoms with Gasteiger partial charge in [-0.3, -0.25) is 4.79 Å². The highest BCUT2D eigenvalue weighted by atomic mass is 16.4. The van der Waals surface area contributed by atoms with Crippen LogP contribution in [0.4, 0.5) is 0 Å². The molecule has 1 aliphatic rings. The minimum absolute atomic E-state index is 0.00781. The summed E-state index contributed by atoms with van der Waals surface area (Å²) in [5.41, 5.74) is -0.174. The Balaban J connectivity index is 1.89. The van der Waals surface area contributed by atoms with Crippen LogP contribution in [0.15, 0.2) is 6.20 Å². The van der Waals surface area contributed by atoms with Gasteiger partial charge < -0.3 is 15.1 Å². The van der Waals surface area contributed by atoms with Crippen LogP contribution < -0.4 is 0 Å². The highest BCUT2D eigenvalue weighted by molar-refractivity contribution is 5.84. The first-order chi connectivity index (χ1) is 9.10. The third-order valence-electron chi connectivity index (χ3n) is 3.23. The van der Waals surface area contributed by atoms with Gasteiger partial charge in [0.05, 0.1) is 6.20 Å². The van der Waals surface area contributed by atoms with Gasteiger partial charge in [0, 0.05) is 19.7 Å². The zero-order valence-electron chi connectivity index (χ0n) is 10.4. The number of aliphatic hydroxyl groups excluding tert-OH is 1. The van der Waals surface area contributed by atoms with Crippen LogP contribution in [-0.2, 0) is 11.3 Å². The van der Waals surface area contributed by atoms with Crippen molar-refractivity contribution in [3.8, 4) is 0 Å². The van der Waals surface area contributed by atoms with E-state index in [-0.39, 0.29) is 24.8 Å². The minimum Gasteiger partial charge on any atom is -0.476 e. The van der Waals surface area contributed by atoms with Gasteiger partial charge in [0.25, 0.3) is 0 Å². The summed E-state index contributed by atoms with van der Waals surface area (Å²) in [6.45, 7) is 1.44. The maximum Gasteiger partial charge on any atom is 0.358 e. The number of aromatic carboxylic acids is 1. The van der Waals surface area contributed by atoms with Crippen LogP contribution in [0.3, 0.4) is 0 Å². The van der Waals surface area contributed by atoms with Gasteiger partial charge in [-0.15, -0.1) is 5.10 Å². The molecular formula is C11H16N4O4. The molecule has 0 aromatic carbocycles. The summed E-state index contributed by atoms with van der Waals surface area (Å²) in [6, 6.07) is 0. The molecule has 8 heteroatoms. The lowest BCUT2D eigenvalue weighted by Gasteiger charge is -2.16. The molecule has 0 saturated carbocycles. The number of aliphatic hydroxyl groups is 1. The van der Waals surface area contributed by atoms with Crippen molar-refractivity contribution in [2.75, 3.05) is 19.7 Å². The molecule has 2 N–H and O–H groups in total. The van der Waals surface area contributed by atoms with Crippen molar-refractivity contribution >= 4 is 11.9 Å². The predicted octanol–water partition coefficient (Wildman–Crippen LogP) is -0.793. The van der Waals surface area contributed by atoms with Crippen LogP contribution in [0.1, 0.15) is 23.3 Å². The Bertz CT molecular complexity index is 473. The standard InChI is InChI=1S/C11H16N4O4/c16-4-2-8-1-3-14(5-8)10(17)7-15-6-9(11(18)19)12-13-15/h6,8,16H,1-5,7H2,(H,18,19). The first-order valence-corrected chi connectivity index (χ1v) is 6.12. The summed E-state index contributed by atoms with van der Waals surface area (Å²) in [4.78, 5) is 24.3. The zero-order valence-corrected chi connectivity index (χ0v) is 10.4. The number of carboxylic acid groups (broad SMARTS) is 1. The summed E-state index contributed by atoms with van der Waals surface area (Å²) in [5, 5.41) is 24.6. The van der Waals surface area contributed by atoms with E-state index in [0.717, 1.165) is 6.42 Å². The molecule has 1 aliphatic heterocycles. The van der Waals surface area contributed by atoms with Gasteiger partial charge in [0.1, 0.15) is 6.54 Å². The van der Waals surface area contributed by atoms with Crippen molar-refractivity contribution in [1.29, 1.82) is 0 Å². The average Bonchev–Trinajstić information content (AvgIpc) is 2.98. The molecule has 0 bridgehead atoms. The van der Waals surface area contributed by atoms with Crippen LogP contribution in [0.2, 0.25) is 0 Å². The minimum atomic E-state index is -1.16. The van der Waals surface area contributed by atoms with Crippen LogP contribution in [0, 0.1) is 5.92 Å². The van der Waals surface area contributed by atoms with Crippen LogP contribution in [0.25, 0.3) is 0 Å². The van der Waals surface area contributed by atoms with Gasteiger partial charge in [-0.05, 0) is 18.8 Å². The maximum atomic E-state index is 12.0. The van der Waals surface area contributed by atoms with E-state index < -0.39 is 5.97 Å². The fourth-order valence-electron chi connectivity index (χ4n) is 2.19. The fourth-order valence-corrected chi connectivity index (χ4v) is 2.19. The largest absolute Gasteiger partial charge is 0.476 e. The molecular weight excluding hydrogens is 252 g/mol. The highest BCUT2D eigenvalue weighted by Crippen LogP contribution is 2.19. The van der Waals surface area contributed by atoms with E-state index in [1.807, 2.05) is 0 Å². The van der Waals surface area contributed by atoms with E-state index in [1.165, 1.54) is 10.9 Å². The Morgan fingerprint density at radius 2 is 2.26 bits per heavy atom. The molecule has 2 heterocycles. The molecule has 8 nitrogen and oxygen atoms in total. The summed E-state index contributed by atoms with van der Waals surface area (Å²) in [6.07, 6.45) is 2.84. The fraction of sp³-hybridized carbons (Fsp3) is 0.636. The van der Waals surface area contributed by atoms with Crippen molar-refractivity contribution in [2.45, 2.75) is 19.4 Å². The predicted molar refractivity (Wildman–Crippen MR) is 63.4 cm³/mol. The van der Waals surface area contributed by atoms with E-state index in [0.29, 0.717) is 25.4 Å². The number of rotatable bonds is 5. The van der Waals surface area contributed by atoms with Crippen molar-refractivity contribution in [3.05, 3.63) is 11.9 Å². The zero-order chi connectivity index (χ0) is 13.8. The number of hydrogen-bond acceptors (Lipinski definition) is 5. The lowest BCUT2D eigenvalue weighted by molar-refractivity contribution is -0.131. The second-order valence-electron chi connectivity index (χ2n) is 4.61. The molecule has 19 heavy (non-hydrogen) atoms. The Kier molecular flexibility index (Phi) is 4.10. The van der Waals surface area contributed by atoms with Crippen molar-refractivity contribution in [2.24, 2.45) is 5.92 Å². The summed E-state index contributed by atoms with van der Waals surface area (Å²) < 4.78 is 1.23. The number of aromatic nitrogens is 3.